The van der Waals surface area contributed by atoms with Crippen LogP contribution in [0.15, 0.2) is 24.3 Å². The van der Waals surface area contributed by atoms with Crippen molar-refractivity contribution in [2.45, 2.75) is 26.0 Å². The Morgan fingerprint density at radius 2 is 2.06 bits per heavy atom. The lowest BCUT2D eigenvalue weighted by Crippen LogP contribution is -2.36. The van der Waals surface area contributed by atoms with E-state index in [4.69, 9.17) is 16.9 Å². The number of hydrogen-bond acceptors (Lipinski definition) is 3. The van der Waals surface area contributed by atoms with Gasteiger partial charge in [0.1, 0.15) is 5.75 Å². The first kappa shape index (κ1) is 14.1. The summed E-state index contributed by atoms with van der Waals surface area (Å²) in [6.07, 6.45) is 4.47. The molecule has 0 fully saturated rings. The van der Waals surface area contributed by atoms with Crippen LogP contribution in [0.2, 0.25) is 0 Å². The van der Waals surface area contributed by atoms with Gasteiger partial charge in [0.25, 0.3) is 5.91 Å². The van der Waals surface area contributed by atoms with Gasteiger partial charge < -0.3 is 15.8 Å². The minimum Gasteiger partial charge on any atom is -0.481 e. The Labute approximate surface area is 108 Å². The molecule has 0 aliphatic carbocycles. The standard InChI is InChI=1S/C14H18N2O2/c1-4-9-16-14(17)11(3)18-13-7-5-12(6-8-13)10(2)15/h1,5-8,10-11H,9,15H2,2-3H3,(H,16,17). The van der Waals surface area contributed by atoms with E-state index in [9.17, 15) is 4.79 Å². The van der Waals surface area contributed by atoms with Gasteiger partial charge >= 0.3 is 0 Å². The van der Waals surface area contributed by atoms with Gasteiger partial charge in [0.15, 0.2) is 6.10 Å². The van der Waals surface area contributed by atoms with Crippen molar-refractivity contribution in [2.24, 2.45) is 5.73 Å². The number of terminal acetylenes is 1. The van der Waals surface area contributed by atoms with Gasteiger partial charge in [-0.3, -0.25) is 4.79 Å². The van der Waals surface area contributed by atoms with Crippen molar-refractivity contribution in [1.29, 1.82) is 0 Å². The van der Waals surface area contributed by atoms with E-state index in [0.29, 0.717) is 5.75 Å². The first-order valence-corrected chi connectivity index (χ1v) is 5.78. The van der Waals surface area contributed by atoms with Crippen LogP contribution in [0.25, 0.3) is 0 Å². The zero-order valence-electron chi connectivity index (χ0n) is 10.6. The third-order valence-electron chi connectivity index (χ3n) is 2.45. The largest absolute Gasteiger partial charge is 0.481 e. The Kier molecular flexibility index (Phi) is 5.22. The fourth-order valence-corrected chi connectivity index (χ4v) is 1.39. The van der Waals surface area contributed by atoms with E-state index < -0.39 is 6.10 Å². The average Bonchev–Trinajstić information content (AvgIpc) is 2.36. The van der Waals surface area contributed by atoms with Crippen LogP contribution in [0.5, 0.6) is 5.75 Å². The molecule has 4 heteroatoms. The Morgan fingerprint density at radius 1 is 1.44 bits per heavy atom. The predicted octanol–water partition coefficient (Wildman–Crippen LogP) is 1.22. The highest BCUT2D eigenvalue weighted by atomic mass is 16.5. The molecule has 1 rings (SSSR count). The summed E-state index contributed by atoms with van der Waals surface area (Å²) in [6, 6.07) is 7.33. The van der Waals surface area contributed by atoms with Gasteiger partial charge in [0.05, 0.1) is 6.54 Å². The number of rotatable bonds is 5. The van der Waals surface area contributed by atoms with Gasteiger partial charge in [0.2, 0.25) is 0 Å². The SMILES string of the molecule is C#CCNC(=O)C(C)Oc1ccc(C(C)N)cc1. The summed E-state index contributed by atoms with van der Waals surface area (Å²) in [5.41, 5.74) is 6.76. The zero-order chi connectivity index (χ0) is 13.5. The van der Waals surface area contributed by atoms with E-state index in [1.165, 1.54) is 0 Å². The summed E-state index contributed by atoms with van der Waals surface area (Å²) < 4.78 is 5.49. The first-order chi connectivity index (χ1) is 8.54. The van der Waals surface area contributed by atoms with Crippen molar-refractivity contribution in [3.05, 3.63) is 29.8 Å². The van der Waals surface area contributed by atoms with E-state index in [-0.39, 0.29) is 18.5 Å². The third-order valence-corrected chi connectivity index (χ3v) is 2.45. The predicted molar refractivity (Wildman–Crippen MR) is 71.0 cm³/mol. The minimum absolute atomic E-state index is 0.0181. The molecule has 18 heavy (non-hydrogen) atoms. The van der Waals surface area contributed by atoms with Crippen LogP contribution in [0.4, 0.5) is 0 Å². The van der Waals surface area contributed by atoms with E-state index in [1.54, 1.807) is 19.1 Å². The lowest BCUT2D eigenvalue weighted by molar-refractivity contribution is -0.126. The zero-order valence-corrected chi connectivity index (χ0v) is 10.6. The average molecular weight is 246 g/mol. The van der Waals surface area contributed by atoms with Crippen molar-refractivity contribution in [3.63, 3.8) is 0 Å². The Morgan fingerprint density at radius 3 is 2.56 bits per heavy atom. The van der Waals surface area contributed by atoms with Crippen molar-refractivity contribution in [3.8, 4) is 18.1 Å². The Balaban J connectivity index is 2.57. The quantitative estimate of drug-likeness (QED) is 0.768. The summed E-state index contributed by atoms with van der Waals surface area (Å²) in [5.74, 6) is 2.73. The van der Waals surface area contributed by atoms with Crippen LogP contribution in [-0.2, 0) is 4.79 Å². The maximum atomic E-state index is 11.5. The summed E-state index contributed by atoms with van der Waals surface area (Å²) in [6.45, 7) is 3.78. The van der Waals surface area contributed by atoms with E-state index in [0.717, 1.165) is 5.56 Å². The van der Waals surface area contributed by atoms with Crippen LogP contribution >= 0.6 is 0 Å². The molecule has 0 aromatic heterocycles. The molecule has 96 valence electrons. The topological polar surface area (TPSA) is 64.3 Å². The van der Waals surface area contributed by atoms with Crippen molar-refractivity contribution < 1.29 is 9.53 Å². The fraction of sp³-hybridized carbons (Fsp3) is 0.357. The number of hydrogen-bond donors (Lipinski definition) is 2. The molecule has 0 saturated heterocycles. The molecular formula is C14H18N2O2. The lowest BCUT2D eigenvalue weighted by Gasteiger charge is -2.14. The second-order valence-corrected chi connectivity index (χ2v) is 4.04. The summed E-state index contributed by atoms with van der Waals surface area (Å²) in [7, 11) is 0. The first-order valence-electron chi connectivity index (χ1n) is 5.78. The van der Waals surface area contributed by atoms with Crippen molar-refractivity contribution >= 4 is 5.91 Å². The lowest BCUT2D eigenvalue weighted by atomic mass is 10.1. The Hall–Kier alpha value is -1.99. The van der Waals surface area contributed by atoms with Gasteiger partial charge in [-0.05, 0) is 31.5 Å². The van der Waals surface area contributed by atoms with E-state index >= 15 is 0 Å². The maximum absolute atomic E-state index is 11.5. The number of nitrogens with one attached hydrogen (secondary N) is 1. The monoisotopic (exact) mass is 246 g/mol. The summed E-state index contributed by atoms with van der Waals surface area (Å²) >= 11 is 0. The van der Waals surface area contributed by atoms with E-state index in [2.05, 4.69) is 11.2 Å². The molecule has 0 radical (unpaired) electrons. The number of benzene rings is 1. The number of amides is 1. The van der Waals surface area contributed by atoms with Crippen LogP contribution in [0.3, 0.4) is 0 Å². The molecule has 2 unspecified atom stereocenters. The van der Waals surface area contributed by atoms with Crippen LogP contribution in [0.1, 0.15) is 25.5 Å². The summed E-state index contributed by atoms with van der Waals surface area (Å²) in [4.78, 5) is 11.5. The second kappa shape index (κ2) is 6.67. The van der Waals surface area contributed by atoms with Gasteiger partial charge in [-0.25, -0.2) is 0 Å². The molecule has 2 atom stereocenters. The molecule has 0 aliphatic heterocycles. The van der Waals surface area contributed by atoms with Gasteiger partial charge in [-0.2, -0.15) is 0 Å². The number of nitrogens with two attached hydrogens (primary N) is 1. The number of carbonyl (C=O) groups excluding carboxylic acids is 1. The van der Waals surface area contributed by atoms with Crippen LogP contribution in [-0.4, -0.2) is 18.6 Å². The number of ether oxygens (including phenoxy) is 1. The maximum Gasteiger partial charge on any atom is 0.261 e. The highest BCUT2D eigenvalue weighted by Crippen LogP contribution is 2.17. The molecule has 0 bridgehead atoms. The fourth-order valence-electron chi connectivity index (χ4n) is 1.39. The molecule has 1 amide bonds. The molecule has 1 aromatic carbocycles. The molecule has 0 aliphatic rings. The Bertz CT molecular complexity index is 432. The molecular weight excluding hydrogens is 228 g/mol. The molecule has 3 N–H and O–H groups in total. The van der Waals surface area contributed by atoms with E-state index in [1.807, 2.05) is 19.1 Å². The summed E-state index contributed by atoms with van der Waals surface area (Å²) in [5, 5.41) is 2.56. The van der Waals surface area contributed by atoms with Gasteiger partial charge in [0, 0.05) is 6.04 Å². The smallest absolute Gasteiger partial charge is 0.261 e. The third kappa shape index (κ3) is 4.11. The normalized spacial score (nSPS) is 13.2. The van der Waals surface area contributed by atoms with Crippen LogP contribution < -0.4 is 15.8 Å². The van der Waals surface area contributed by atoms with Gasteiger partial charge in [-0.15, -0.1) is 6.42 Å². The molecule has 1 aromatic rings. The molecule has 0 heterocycles. The van der Waals surface area contributed by atoms with Gasteiger partial charge in [-0.1, -0.05) is 18.1 Å². The van der Waals surface area contributed by atoms with Crippen molar-refractivity contribution in [2.75, 3.05) is 6.54 Å². The highest BCUT2D eigenvalue weighted by Gasteiger charge is 2.13. The molecule has 4 nitrogen and oxygen atoms in total. The van der Waals surface area contributed by atoms with Crippen molar-refractivity contribution in [1.82, 2.24) is 5.32 Å². The minimum atomic E-state index is -0.584. The second-order valence-electron chi connectivity index (χ2n) is 4.04. The number of carbonyl (C=O) groups is 1. The van der Waals surface area contributed by atoms with Crippen LogP contribution in [0, 0.1) is 12.3 Å². The highest BCUT2D eigenvalue weighted by molar-refractivity contribution is 5.80. The molecule has 0 spiro atoms. The molecule has 0 saturated carbocycles.